The van der Waals surface area contributed by atoms with Crippen LogP contribution in [0.2, 0.25) is 0 Å². The van der Waals surface area contributed by atoms with Gasteiger partial charge in [-0.25, -0.2) is 9.59 Å². The van der Waals surface area contributed by atoms with E-state index in [1.807, 2.05) is 34.5 Å². The number of likely N-dealkylation sites (tertiary alicyclic amines) is 1. The van der Waals surface area contributed by atoms with Gasteiger partial charge in [0.15, 0.2) is 5.78 Å². The van der Waals surface area contributed by atoms with Crippen molar-refractivity contribution in [2.24, 2.45) is 0 Å². The maximum absolute atomic E-state index is 13.3. The van der Waals surface area contributed by atoms with Gasteiger partial charge in [0.2, 0.25) is 0 Å². The highest BCUT2D eigenvalue weighted by molar-refractivity contribution is 7.08. The van der Waals surface area contributed by atoms with E-state index in [1.165, 1.54) is 16.9 Å². The first kappa shape index (κ1) is 32.2. The van der Waals surface area contributed by atoms with Crippen LogP contribution < -0.4 is 10.6 Å². The molecule has 2 N–H and O–H groups in total. The molecule has 9 nitrogen and oxygen atoms in total. The number of anilines is 1. The van der Waals surface area contributed by atoms with Crippen LogP contribution in [0.25, 0.3) is 0 Å². The lowest BCUT2D eigenvalue weighted by Crippen LogP contribution is -2.47. The van der Waals surface area contributed by atoms with Gasteiger partial charge in [0, 0.05) is 43.7 Å². The van der Waals surface area contributed by atoms with Crippen molar-refractivity contribution < 1.29 is 19.1 Å². The molecule has 1 aliphatic rings. The number of benzene rings is 1. The molecular formula is C33H43N5O4S. The van der Waals surface area contributed by atoms with E-state index in [-0.39, 0.29) is 18.2 Å². The number of rotatable bonds is 12. The maximum Gasteiger partial charge on any atom is 0.412 e. The van der Waals surface area contributed by atoms with Crippen LogP contribution in [-0.2, 0) is 24.1 Å². The lowest BCUT2D eigenvalue weighted by Gasteiger charge is -2.30. The molecule has 1 aliphatic heterocycles. The molecule has 3 aromatic rings. The minimum absolute atomic E-state index is 0.0958. The number of pyridine rings is 1. The Morgan fingerprint density at radius 3 is 2.58 bits per heavy atom. The molecule has 1 aromatic carbocycles. The van der Waals surface area contributed by atoms with Crippen LogP contribution in [-0.4, -0.2) is 70.5 Å². The molecule has 0 radical (unpaired) electrons. The largest absolute Gasteiger partial charge is 0.444 e. The van der Waals surface area contributed by atoms with E-state index in [9.17, 15) is 14.4 Å². The van der Waals surface area contributed by atoms with Crippen molar-refractivity contribution in [3.63, 3.8) is 0 Å². The average molecular weight is 606 g/mol. The van der Waals surface area contributed by atoms with Gasteiger partial charge in [-0.3, -0.25) is 20.0 Å². The summed E-state index contributed by atoms with van der Waals surface area (Å²) in [7, 11) is 0. The zero-order chi connectivity index (χ0) is 30.8. The van der Waals surface area contributed by atoms with Crippen LogP contribution in [0, 0.1) is 0 Å². The summed E-state index contributed by atoms with van der Waals surface area (Å²) in [6.07, 6.45) is 4.20. The number of likely N-dealkylation sites (N-methyl/N-ethyl adjacent to an activating group) is 1. The van der Waals surface area contributed by atoms with E-state index in [2.05, 4.69) is 39.6 Å². The third kappa shape index (κ3) is 9.90. The monoisotopic (exact) mass is 605 g/mol. The van der Waals surface area contributed by atoms with E-state index in [0.29, 0.717) is 42.6 Å². The van der Waals surface area contributed by atoms with Crippen molar-refractivity contribution in [1.82, 2.24) is 20.1 Å². The normalized spacial score (nSPS) is 15.2. The Balaban J connectivity index is 1.38. The number of nitrogens with one attached hydrogen (secondary N) is 2. The minimum atomic E-state index is -0.618. The molecule has 2 aromatic heterocycles. The van der Waals surface area contributed by atoms with Gasteiger partial charge in [0.1, 0.15) is 11.3 Å². The summed E-state index contributed by atoms with van der Waals surface area (Å²) in [5.74, 6) is -0.155. The fraction of sp³-hybridized carbons (Fsp3) is 0.455. The van der Waals surface area contributed by atoms with Crippen molar-refractivity contribution in [3.8, 4) is 0 Å². The summed E-state index contributed by atoms with van der Waals surface area (Å²) < 4.78 is 5.34. The van der Waals surface area contributed by atoms with Crippen molar-refractivity contribution >= 4 is 34.9 Å². The number of amides is 3. The number of urea groups is 1. The van der Waals surface area contributed by atoms with Gasteiger partial charge < -0.3 is 15.0 Å². The third-order valence-corrected chi connectivity index (χ3v) is 8.16. The number of aromatic nitrogens is 1. The Morgan fingerprint density at radius 2 is 1.88 bits per heavy atom. The molecule has 0 bridgehead atoms. The van der Waals surface area contributed by atoms with E-state index < -0.39 is 11.7 Å². The van der Waals surface area contributed by atoms with Crippen molar-refractivity contribution in [1.29, 1.82) is 0 Å². The maximum atomic E-state index is 13.3. The van der Waals surface area contributed by atoms with E-state index in [0.717, 1.165) is 37.9 Å². The van der Waals surface area contributed by atoms with Gasteiger partial charge >= 0.3 is 12.1 Å². The lowest BCUT2D eigenvalue weighted by molar-refractivity contribution is 0.0635. The minimum Gasteiger partial charge on any atom is -0.444 e. The number of carbonyl (C=O) groups excluding carboxylic acids is 3. The predicted molar refractivity (Wildman–Crippen MR) is 171 cm³/mol. The molecule has 0 spiro atoms. The zero-order valence-electron chi connectivity index (χ0n) is 25.6. The number of ketones is 1. The molecular weight excluding hydrogens is 562 g/mol. The second-order valence-electron chi connectivity index (χ2n) is 11.9. The molecule has 0 saturated carbocycles. The molecule has 43 heavy (non-hydrogen) atoms. The molecule has 4 rings (SSSR count). The third-order valence-electron chi connectivity index (χ3n) is 7.37. The van der Waals surface area contributed by atoms with Crippen LogP contribution in [0.5, 0.6) is 0 Å². The molecule has 0 aliphatic carbocycles. The Morgan fingerprint density at radius 1 is 1.09 bits per heavy atom. The lowest BCUT2D eigenvalue weighted by atomic mass is 10.1. The highest BCUT2D eigenvalue weighted by atomic mass is 32.1. The molecule has 1 saturated heterocycles. The summed E-state index contributed by atoms with van der Waals surface area (Å²) in [5, 5.41) is 9.46. The average Bonchev–Trinajstić information content (AvgIpc) is 3.61. The van der Waals surface area contributed by atoms with Crippen LogP contribution in [0.15, 0.2) is 59.4 Å². The van der Waals surface area contributed by atoms with Crippen molar-refractivity contribution in [2.45, 2.75) is 71.6 Å². The number of Topliss-reactive ketones (excluding diaryl/α,β-unsaturated/α-hetero) is 1. The Hall–Kier alpha value is -3.76. The van der Waals surface area contributed by atoms with Crippen molar-refractivity contribution in [3.05, 3.63) is 81.8 Å². The van der Waals surface area contributed by atoms with E-state index in [4.69, 9.17) is 4.74 Å². The molecule has 3 heterocycles. The summed E-state index contributed by atoms with van der Waals surface area (Å²) in [5.41, 5.74) is 3.03. The molecule has 1 unspecified atom stereocenters. The van der Waals surface area contributed by atoms with Gasteiger partial charge in [-0.1, -0.05) is 43.3 Å². The molecule has 230 valence electrons. The first-order valence-corrected chi connectivity index (χ1v) is 15.9. The number of hydrogen-bond acceptors (Lipinski definition) is 7. The highest BCUT2D eigenvalue weighted by Gasteiger charge is 2.27. The van der Waals surface area contributed by atoms with E-state index in [1.54, 1.807) is 38.4 Å². The quantitative estimate of drug-likeness (QED) is 0.240. The first-order chi connectivity index (χ1) is 20.6. The molecule has 1 atom stereocenters. The van der Waals surface area contributed by atoms with Crippen LogP contribution >= 0.6 is 11.3 Å². The van der Waals surface area contributed by atoms with Gasteiger partial charge in [-0.2, -0.15) is 0 Å². The number of thiophene rings is 1. The number of carbonyl (C=O) groups is 3. The summed E-state index contributed by atoms with van der Waals surface area (Å²) in [6, 6.07) is 13.9. The Kier molecular flexibility index (Phi) is 11.3. The summed E-state index contributed by atoms with van der Waals surface area (Å²) in [4.78, 5) is 47.4. The fourth-order valence-electron chi connectivity index (χ4n) is 5.21. The van der Waals surface area contributed by atoms with Gasteiger partial charge in [-0.05, 0) is 81.3 Å². The Bertz CT molecular complexity index is 1350. The van der Waals surface area contributed by atoms with Gasteiger partial charge in [0.25, 0.3) is 0 Å². The molecule has 3 amide bonds. The Labute approximate surface area is 258 Å². The van der Waals surface area contributed by atoms with Crippen LogP contribution in [0.1, 0.15) is 67.7 Å². The number of hydrogen-bond donors (Lipinski definition) is 2. The van der Waals surface area contributed by atoms with Gasteiger partial charge in [-0.15, -0.1) is 11.3 Å². The second kappa shape index (κ2) is 15.1. The first-order valence-electron chi connectivity index (χ1n) is 14.9. The SMILES string of the molecule is CCN1CCCC1CN(Cc1ccc(C(=O)Cc2cscc2NC(=O)OC(C)(C)C)nc1)C(=O)NCCc1ccccc1. The van der Waals surface area contributed by atoms with Gasteiger partial charge in [0.05, 0.1) is 5.69 Å². The molecule has 10 heteroatoms. The summed E-state index contributed by atoms with van der Waals surface area (Å²) in [6.45, 7) is 11.2. The summed E-state index contributed by atoms with van der Waals surface area (Å²) >= 11 is 1.40. The van der Waals surface area contributed by atoms with Crippen LogP contribution in [0.4, 0.5) is 15.3 Å². The number of nitrogens with zero attached hydrogens (tertiary/aromatic N) is 3. The van der Waals surface area contributed by atoms with Crippen molar-refractivity contribution in [2.75, 3.05) is 31.5 Å². The predicted octanol–water partition coefficient (Wildman–Crippen LogP) is 6.15. The van der Waals surface area contributed by atoms with Crippen LogP contribution in [0.3, 0.4) is 0 Å². The smallest absolute Gasteiger partial charge is 0.412 e. The fourth-order valence-corrected chi connectivity index (χ4v) is 6.00. The highest BCUT2D eigenvalue weighted by Crippen LogP contribution is 2.24. The molecule has 1 fully saturated rings. The zero-order valence-corrected chi connectivity index (χ0v) is 26.4. The number of ether oxygens (including phenoxy) is 1. The second-order valence-corrected chi connectivity index (χ2v) is 12.6. The standard InChI is InChI=1S/C33H43N5O4S/c1-5-37-17-9-12-27(37)21-38(31(40)34-16-15-24-10-7-6-8-11-24)20-25-13-14-28(35-19-25)30(39)18-26-22-43-23-29(26)36-32(41)42-33(2,3)4/h6-8,10-11,13-14,19,22-23,27H,5,9,12,15-18,20-21H2,1-4H3,(H,34,40)(H,36,41). The topological polar surface area (TPSA) is 104 Å². The van der Waals surface area contributed by atoms with E-state index >= 15 is 0 Å².